The Morgan fingerprint density at radius 1 is 1.50 bits per heavy atom. The highest BCUT2D eigenvalue weighted by Gasteiger charge is 2.09. The predicted molar refractivity (Wildman–Crippen MR) is 68.2 cm³/mol. The maximum Gasteiger partial charge on any atom is 0.120 e. The molecule has 1 aromatic carbocycles. The third kappa shape index (κ3) is 3.94. The molecule has 0 spiro atoms. The van der Waals surface area contributed by atoms with Gasteiger partial charge in [0.15, 0.2) is 0 Å². The normalized spacial score (nSPS) is 14.7. The van der Waals surface area contributed by atoms with Crippen molar-refractivity contribution in [2.45, 2.75) is 19.9 Å². The van der Waals surface area contributed by atoms with E-state index in [4.69, 9.17) is 0 Å². The van der Waals surface area contributed by atoms with Crippen LogP contribution in [0.1, 0.15) is 24.1 Å². The van der Waals surface area contributed by atoms with Crippen molar-refractivity contribution in [3.8, 4) is 5.75 Å². The van der Waals surface area contributed by atoms with Crippen molar-refractivity contribution in [1.82, 2.24) is 5.32 Å². The number of phenolic OH excluding ortho intramolecular Hbond substituents is 1. The zero-order valence-corrected chi connectivity index (χ0v) is 10.8. The van der Waals surface area contributed by atoms with Crippen molar-refractivity contribution in [3.05, 3.63) is 29.3 Å². The second-order valence-corrected chi connectivity index (χ2v) is 5.57. The number of aromatic hydroxyl groups is 1. The van der Waals surface area contributed by atoms with Crippen LogP contribution in [0, 0.1) is 6.92 Å². The van der Waals surface area contributed by atoms with Crippen molar-refractivity contribution < 1.29 is 9.32 Å². The van der Waals surface area contributed by atoms with E-state index >= 15 is 0 Å². The quantitative estimate of drug-likeness (QED) is 0.825. The lowest BCUT2D eigenvalue weighted by Crippen LogP contribution is -2.23. The molecule has 2 atom stereocenters. The fourth-order valence-electron chi connectivity index (χ4n) is 1.55. The smallest absolute Gasteiger partial charge is 0.120 e. The molecule has 90 valence electrons. The van der Waals surface area contributed by atoms with Crippen LogP contribution in [0.15, 0.2) is 18.2 Å². The van der Waals surface area contributed by atoms with E-state index < -0.39 is 10.8 Å². The Bertz CT molecular complexity index is 379. The van der Waals surface area contributed by atoms with Gasteiger partial charge in [0.2, 0.25) is 0 Å². The molecule has 0 heterocycles. The molecule has 2 unspecified atom stereocenters. The number of rotatable bonds is 5. The van der Waals surface area contributed by atoms with Crippen LogP contribution in [0.25, 0.3) is 0 Å². The SMILES string of the molecule is Cc1ccc(C(C)NCCS(C)=O)c(O)c1. The van der Waals surface area contributed by atoms with Gasteiger partial charge in [0.1, 0.15) is 5.75 Å². The molecule has 0 amide bonds. The van der Waals surface area contributed by atoms with Crippen LogP contribution in [0.4, 0.5) is 0 Å². The molecule has 0 fully saturated rings. The summed E-state index contributed by atoms with van der Waals surface area (Å²) in [4.78, 5) is 0. The summed E-state index contributed by atoms with van der Waals surface area (Å²) in [6.45, 7) is 4.63. The summed E-state index contributed by atoms with van der Waals surface area (Å²) in [5.74, 6) is 0.953. The van der Waals surface area contributed by atoms with Crippen LogP contribution < -0.4 is 5.32 Å². The highest BCUT2D eigenvalue weighted by molar-refractivity contribution is 7.84. The van der Waals surface area contributed by atoms with Gasteiger partial charge in [0.25, 0.3) is 0 Å². The largest absolute Gasteiger partial charge is 0.508 e. The molecule has 0 aromatic heterocycles. The lowest BCUT2D eigenvalue weighted by molar-refractivity contribution is 0.454. The number of aryl methyl sites for hydroxylation is 1. The monoisotopic (exact) mass is 241 g/mol. The topological polar surface area (TPSA) is 49.3 Å². The lowest BCUT2D eigenvalue weighted by Gasteiger charge is -2.15. The summed E-state index contributed by atoms with van der Waals surface area (Å²) in [7, 11) is -0.772. The molecule has 2 N–H and O–H groups in total. The summed E-state index contributed by atoms with van der Waals surface area (Å²) in [6.07, 6.45) is 1.69. The Labute approximate surface area is 99.3 Å². The van der Waals surface area contributed by atoms with Gasteiger partial charge in [-0.15, -0.1) is 0 Å². The van der Waals surface area contributed by atoms with Crippen molar-refractivity contribution in [3.63, 3.8) is 0 Å². The van der Waals surface area contributed by atoms with Crippen molar-refractivity contribution in [1.29, 1.82) is 0 Å². The van der Waals surface area contributed by atoms with Gasteiger partial charge in [-0.3, -0.25) is 4.21 Å². The van der Waals surface area contributed by atoms with Crippen LogP contribution >= 0.6 is 0 Å². The fraction of sp³-hybridized carbons (Fsp3) is 0.500. The Morgan fingerprint density at radius 2 is 2.19 bits per heavy atom. The van der Waals surface area contributed by atoms with Gasteiger partial charge in [-0.25, -0.2) is 0 Å². The molecule has 16 heavy (non-hydrogen) atoms. The molecule has 4 heteroatoms. The molecule has 0 bridgehead atoms. The molecule has 0 radical (unpaired) electrons. The first kappa shape index (κ1) is 13.2. The van der Waals surface area contributed by atoms with E-state index in [1.165, 1.54) is 0 Å². The molecule has 1 rings (SSSR count). The predicted octanol–water partition coefficient (Wildman–Crippen LogP) is 1.73. The maximum absolute atomic E-state index is 10.9. The van der Waals surface area contributed by atoms with E-state index in [-0.39, 0.29) is 6.04 Å². The van der Waals surface area contributed by atoms with Crippen molar-refractivity contribution >= 4 is 10.8 Å². The van der Waals surface area contributed by atoms with Crippen LogP contribution in [0.5, 0.6) is 5.75 Å². The van der Waals surface area contributed by atoms with Crippen LogP contribution in [0.3, 0.4) is 0 Å². The molecular formula is C12H19NO2S. The van der Waals surface area contributed by atoms with Crippen LogP contribution in [-0.4, -0.2) is 27.9 Å². The number of hydrogen-bond donors (Lipinski definition) is 2. The Morgan fingerprint density at radius 3 is 2.75 bits per heavy atom. The molecule has 0 saturated heterocycles. The zero-order chi connectivity index (χ0) is 12.1. The summed E-state index contributed by atoms with van der Waals surface area (Å²) >= 11 is 0. The van der Waals surface area contributed by atoms with E-state index in [1.54, 1.807) is 12.3 Å². The number of benzene rings is 1. The highest BCUT2D eigenvalue weighted by Crippen LogP contribution is 2.24. The molecule has 0 aliphatic rings. The summed E-state index contributed by atoms with van der Waals surface area (Å²) < 4.78 is 10.9. The van der Waals surface area contributed by atoms with Gasteiger partial charge in [0, 0.05) is 41.0 Å². The molecule has 1 aromatic rings. The summed E-state index contributed by atoms with van der Waals surface area (Å²) in [6, 6.07) is 5.73. The van der Waals surface area contributed by atoms with Gasteiger partial charge in [-0.05, 0) is 25.5 Å². The van der Waals surface area contributed by atoms with Gasteiger partial charge in [-0.1, -0.05) is 12.1 Å². The molecular weight excluding hydrogens is 222 g/mol. The number of nitrogens with one attached hydrogen (secondary N) is 1. The average molecular weight is 241 g/mol. The first-order chi connectivity index (χ1) is 7.50. The van der Waals surface area contributed by atoms with Crippen molar-refractivity contribution in [2.75, 3.05) is 18.6 Å². The van der Waals surface area contributed by atoms with E-state index in [1.807, 2.05) is 26.0 Å². The van der Waals surface area contributed by atoms with Crippen molar-refractivity contribution in [2.24, 2.45) is 0 Å². The minimum absolute atomic E-state index is 0.0733. The fourth-order valence-corrected chi connectivity index (χ4v) is 1.95. The van der Waals surface area contributed by atoms with E-state index in [2.05, 4.69) is 5.32 Å². The van der Waals surface area contributed by atoms with Gasteiger partial charge in [-0.2, -0.15) is 0 Å². The molecule has 3 nitrogen and oxygen atoms in total. The number of phenols is 1. The van der Waals surface area contributed by atoms with E-state index in [9.17, 15) is 9.32 Å². The summed E-state index contributed by atoms with van der Waals surface area (Å²) in [5, 5.41) is 13.0. The molecule has 0 saturated carbocycles. The summed E-state index contributed by atoms with van der Waals surface area (Å²) in [5.41, 5.74) is 1.93. The van der Waals surface area contributed by atoms with E-state index in [0.29, 0.717) is 18.0 Å². The van der Waals surface area contributed by atoms with Crippen LogP contribution in [0.2, 0.25) is 0 Å². The van der Waals surface area contributed by atoms with Gasteiger partial charge < -0.3 is 10.4 Å². The van der Waals surface area contributed by atoms with Gasteiger partial charge >= 0.3 is 0 Å². The molecule has 0 aliphatic heterocycles. The molecule has 0 aliphatic carbocycles. The lowest BCUT2D eigenvalue weighted by atomic mass is 10.1. The third-order valence-electron chi connectivity index (χ3n) is 2.49. The highest BCUT2D eigenvalue weighted by atomic mass is 32.2. The number of hydrogen-bond acceptors (Lipinski definition) is 3. The first-order valence-corrected chi connectivity index (χ1v) is 7.06. The van der Waals surface area contributed by atoms with Crippen LogP contribution in [-0.2, 0) is 10.8 Å². The van der Waals surface area contributed by atoms with E-state index in [0.717, 1.165) is 11.1 Å². The minimum atomic E-state index is -0.772. The zero-order valence-electron chi connectivity index (χ0n) is 9.99. The Kier molecular flexibility index (Phi) is 4.96. The minimum Gasteiger partial charge on any atom is -0.508 e. The second kappa shape index (κ2) is 6.01. The maximum atomic E-state index is 10.9. The third-order valence-corrected chi connectivity index (χ3v) is 3.27. The average Bonchev–Trinajstić information content (AvgIpc) is 2.16. The second-order valence-electron chi connectivity index (χ2n) is 4.02. The Hall–Kier alpha value is -0.870. The standard InChI is InChI=1S/C12H19NO2S/c1-9-4-5-11(12(14)8-9)10(2)13-6-7-16(3)15/h4-5,8,10,13-14H,6-7H2,1-3H3. The Balaban J connectivity index is 2.58. The first-order valence-electron chi connectivity index (χ1n) is 5.33. The van der Waals surface area contributed by atoms with Gasteiger partial charge in [0.05, 0.1) is 0 Å².